The fourth-order valence-corrected chi connectivity index (χ4v) is 8.00. The van der Waals surface area contributed by atoms with E-state index < -0.39 is 0 Å². The Hall–Kier alpha value is -5.72. The van der Waals surface area contributed by atoms with E-state index in [9.17, 15) is 0 Å². The monoisotopic (exact) mass is 688 g/mol. The lowest BCUT2D eigenvalue weighted by Gasteiger charge is -2.22. The second kappa shape index (κ2) is 17.7. The van der Waals surface area contributed by atoms with Crippen LogP contribution in [0.25, 0.3) is 67.1 Å². The molecule has 0 aliphatic heterocycles. The molecule has 0 unspecified atom stereocenters. The van der Waals surface area contributed by atoms with E-state index in [2.05, 4.69) is 174 Å². The van der Waals surface area contributed by atoms with Crippen LogP contribution in [0.15, 0.2) is 170 Å². The molecule has 0 aromatic heterocycles. The SMILES string of the molecule is C=CCC/C(=C\CC)c1c2ccccc2c(-c2ccc(-c3c(C4=CC(=C/CC)/C(=C\C)CC4)ccccccc(C=C)c3C=C)cc2)c2ccccc12. The quantitative estimate of drug-likeness (QED) is 0.0957. The Bertz CT molecular complexity index is 2290. The molecular formula is C53H52. The molecule has 0 spiro atoms. The first kappa shape index (κ1) is 37.1. The highest BCUT2D eigenvalue weighted by atomic mass is 14.2. The summed E-state index contributed by atoms with van der Waals surface area (Å²) in [4.78, 5) is 0. The van der Waals surface area contributed by atoms with Crippen molar-refractivity contribution in [1.29, 1.82) is 0 Å². The van der Waals surface area contributed by atoms with E-state index in [-0.39, 0.29) is 0 Å². The van der Waals surface area contributed by atoms with Crippen LogP contribution in [0, 0.1) is 0 Å². The summed E-state index contributed by atoms with van der Waals surface area (Å²) >= 11 is 0. The molecule has 0 saturated carbocycles. The number of fused-ring (bicyclic) bond motifs is 2. The summed E-state index contributed by atoms with van der Waals surface area (Å²) in [6, 6.07) is 40.0. The van der Waals surface area contributed by atoms with E-state index in [1.807, 2.05) is 18.2 Å². The third-order valence-corrected chi connectivity index (χ3v) is 10.4. The van der Waals surface area contributed by atoms with Gasteiger partial charge in [-0.3, -0.25) is 0 Å². The average Bonchev–Trinajstić information content (AvgIpc) is 3.20. The standard InChI is InChI=1S/C53H52/c1-7-13-24-40(22-8-2)52-47-27-18-20-29-49(47)53(50-30-21-19-28-48(50)52)42-34-32-41(33-35-42)51-45(12-6)39(11-5)25-16-14-15-17-26-46(51)44-36-31-38(10-4)43(37-44)23-9-3/h7,10-12,14-23,25-30,32-35,37H,1,5-6,8-9,13,24,31,36H2,2-4H3/b15-14?,16-14?,17-15?,25-16?,26-17?,38-10-,39-25?,40-22+,43-23-,45-39?,46-26?,51-45?,51-46?. The Morgan fingerprint density at radius 1 is 0.642 bits per heavy atom. The van der Waals surface area contributed by atoms with Gasteiger partial charge in [0.1, 0.15) is 0 Å². The van der Waals surface area contributed by atoms with Gasteiger partial charge in [-0.05, 0) is 134 Å². The van der Waals surface area contributed by atoms with Crippen LogP contribution in [0.2, 0.25) is 0 Å². The predicted octanol–water partition coefficient (Wildman–Crippen LogP) is 16.0. The smallest absolute Gasteiger partial charge is 0.00264 e. The van der Waals surface area contributed by atoms with Crippen molar-refractivity contribution in [2.24, 2.45) is 0 Å². The lowest BCUT2D eigenvalue weighted by Crippen LogP contribution is -2.01. The van der Waals surface area contributed by atoms with Crippen molar-refractivity contribution in [2.45, 2.75) is 59.3 Å². The van der Waals surface area contributed by atoms with Crippen molar-refractivity contribution in [3.8, 4) is 22.3 Å². The van der Waals surface area contributed by atoms with E-state index in [0.717, 1.165) is 55.2 Å². The molecule has 264 valence electrons. The summed E-state index contributed by atoms with van der Waals surface area (Å²) in [6.07, 6.45) is 21.3. The van der Waals surface area contributed by atoms with Crippen LogP contribution >= 0.6 is 0 Å². The summed E-state index contributed by atoms with van der Waals surface area (Å²) in [6.45, 7) is 19.2. The predicted molar refractivity (Wildman–Crippen MR) is 237 cm³/mol. The van der Waals surface area contributed by atoms with Crippen molar-refractivity contribution in [3.63, 3.8) is 0 Å². The van der Waals surface area contributed by atoms with Crippen LogP contribution in [-0.4, -0.2) is 0 Å². The van der Waals surface area contributed by atoms with Crippen LogP contribution in [0.5, 0.6) is 0 Å². The third kappa shape index (κ3) is 7.74. The number of rotatable bonds is 11. The number of hydrogen-bond acceptors (Lipinski definition) is 0. The number of benzene rings is 4. The van der Waals surface area contributed by atoms with Gasteiger partial charge in [0.2, 0.25) is 0 Å². The minimum Gasteiger partial charge on any atom is -0.103 e. The molecule has 1 aliphatic carbocycles. The molecule has 0 atom stereocenters. The van der Waals surface area contributed by atoms with Gasteiger partial charge in [0.25, 0.3) is 0 Å². The highest BCUT2D eigenvalue weighted by Gasteiger charge is 2.20. The lowest BCUT2D eigenvalue weighted by molar-refractivity contribution is 0.975. The van der Waals surface area contributed by atoms with E-state index in [0.29, 0.717) is 0 Å². The highest BCUT2D eigenvalue weighted by molar-refractivity contribution is 6.18. The summed E-state index contributed by atoms with van der Waals surface area (Å²) in [5, 5.41) is 5.14. The van der Waals surface area contributed by atoms with Gasteiger partial charge in [-0.2, -0.15) is 0 Å². The van der Waals surface area contributed by atoms with Gasteiger partial charge in [0, 0.05) is 0 Å². The molecule has 1 aliphatic rings. The molecule has 0 N–H and O–H groups in total. The average molecular weight is 689 g/mol. The van der Waals surface area contributed by atoms with Crippen LogP contribution < -0.4 is 0 Å². The number of hydrogen-bond donors (Lipinski definition) is 0. The maximum atomic E-state index is 4.36. The molecule has 6 rings (SSSR count). The highest BCUT2D eigenvalue weighted by Crippen LogP contribution is 2.44. The summed E-state index contributed by atoms with van der Waals surface area (Å²) in [5.41, 5.74) is 15.0. The van der Waals surface area contributed by atoms with Crippen molar-refractivity contribution in [2.75, 3.05) is 0 Å². The second-order valence-corrected chi connectivity index (χ2v) is 13.6. The van der Waals surface area contributed by atoms with Crippen molar-refractivity contribution in [1.82, 2.24) is 0 Å². The van der Waals surface area contributed by atoms with E-state index >= 15 is 0 Å². The van der Waals surface area contributed by atoms with Gasteiger partial charge in [0.15, 0.2) is 0 Å². The first-order chi connectivity index (χ1) is 26.1. The Morgan fingerprint density at radius 2 is 1.25 bits per heavy atom. The topological polar surface area (TPSA) is 0 Å². The molecule has 0 amide bonds. The molecule has 5 aromatic carbocycles. The molecule has 0 fully saturated rings. The summed E-state index contributed by atoms with van der Waals surface area (Å²) < 4.78 is 0. The van der Waals surface area contributed by atoms with E-state index in [1.165, 1.54) is 71.7 Å². The number of allylic oxidation sites excluding steroid dienone is 9. The molecule has 0 saturated heterocycles. The largest absolute Gasteiger partial charge is 0.103 e. The third-order valence-electron chi connectivity index (χ3n) is 10.4. The van der Waals surface area contributed by atoms with Crippen molar-refractivity contribution >= 4 is 44.8 Å². The zero-order valence-corrected chi connectivity index (χ0v) is 31.8. The summed E-state index contributed by atoms with van der Waals surface area (Å²) in [5.74, 6) is 0. The fourth-order valence-electron chi connectivity index (χ4n) is 8.00. The van der Waals surface area contributed by atoms with Gasteiger partial charge in [-0.15, -0.1) is 6.58 Å². The van der Waals surface area contributed by atoms with Crippen LogP contribution in [-0.2, 0) is 0 Å². The first-order valence-electron chi connectivity index (χ1n) is 19.2. The Labute approximate surface area is 318 Å². The molecule has 5 aromatic rings. The van der Waals surface area contributed by atoms with Gasteiger partial charge < -0.3 is 0 Å². The molecule has 0 radical (unpaired) electrons. The zero-order chi connectivity index (χ0) is 37.2. The van der Waals surface area contributed by atoms with Crippen LogP contribution in [0.4, 0.5) is 0 Å². The Balaban J connectivity index is 1.63. The maximum absolute atomic E-state index is 4.36. The minimum absolute atomic E-state index is 0.953. The van der Waals surface area contributed by atoms with Crippen molar-refractivity contribution in [3.05, 3.63) is 193 Å². The second-order valence-electron chi connectivity index (χ2n) is 13.6. The Kier molecular flexibility index (Phi) is 12.4. The Morgan fingerprint density at radius 3 is 1.81 bits per heavy atom. The molecule has 0 bridgehead atoms. The molecule has 53 heavy (non-hydrogen) atoms. The van der Waals surface area contributed by atoms with Crippen molar-refractivity contribution < 1.29 is 0 Å². The maximum Gasteiger partial charge on any atom is -0.00264 e. The summed E-state index contributed by atoms with van der Waals surface area (Å²) in [7, 11) is 0. The molecule has 0 nitrogen and oxygen atoms in total. The van der Waals surface area contributed by atoms with Gasteiger partial charge in [-0.25, -0.2) is 0 Å². The van der Waals surface area contributed by atoms with Gasteiger partial charge in [0.05, 0.1) is 0 Å². The van der Waals surface area contributed by atoms with Gasteiger partial charge in [-0.1, -0.05) is 179 Å². The van der Waals surface area contributed by atoms with Crippen LogP contribution in [0.3, 0.4) is 0 Å². The zero-order valence-electron chi connectivity index (χ0n) is 31.8. The molecule has 0 heteroatoms. The molecular weight excluding hydrogens is 637 g/mol. The van der Waals surface area contributed by atoms with Crippen LogP contribution in [0.1, 0.15) is 81.5 Å². The first-order valence-corrected chi connectivity index (χ1v) is 19.2. The van der Waals surface area contributed by atoms with E-state index in [4.69, 9.17) is 0 Å². The van der Waals surface area contributed by atoms with Gasteiger partial charge >= 0.3 is 0 Å². The normalized spacial score (nSPS) is 14.6. The lowest BCUT2D eigenvalue weighted by atomic mass is 9.82. The molecule has 0 heterocycles. The minimum atomic E-state index is 0.953. The van der Waals surface area contributed by atoms with E-state index in [1.54, 1.807) is 0 Å². The fraction of sp³-hybridized carbons (Fsp3) is 0.170.